The van der Waals surface area contributed by atoms with Gasteiger partial charge < -0.3 is 5.32 Å². The lowest BCUT2D eigenvalue weighted by atomic mass is 9.49. The van der Waals surface area contributed by atoms with Crippen LogP contribution in [-0.2, 0) is 14.8 Å². The highest BCUT2D eigenvalue weighted by Crippen LogP contribution is 2.61. The second kappa shape index (κ2) is 6.84. The van der Waals surface area contributed by atoms with Crippen molar-refractivity contribution in [3.63, 3.8) is 0 Å². The first-order valence-corrected chi connectivity index (χ1v) is 12.3. The van der Waals surface area contributed by atoms with E-state index >= 15 is 0 Å². The first-order valence-electron chi connectivity index (χ1n) is 10.8. The van der Waals surface area contributed by atoms with Crippen LogP contribution in [0.5, 0.6) is 0 Å². The molecule has 1 N–H and O–H groups in total. The van der Waals surface area contributed by atoms with Crippen molar-refractivity contribution in [1.29, 1.82) is 0 Å². The Balaban J connectivity index is 1.28. The van der Waals surface area contributed by atoms with E-state index in [1.54, 1.807) is 28.6 Å². The van der Waals surface area contributed by atoms with Crippen LogP contribution in [0, 0.1) is 23.2 Å². The normalized spacial score (nSPS) is 34.6. The van der Waals surface area contributed by atoms with Gasteiger partial charge in [0.15, 0.2) is 0 Å². The minimum Gasteiger partial charge on any atom is -0.326 e. The molecule has 5 nitrogen and oxygen atoms in total. The molecule has 1 aromatic carbocycles. The summed E-state index contributed by atoms with van der Waals surface area (Å²) in [6.07, 6.45) is 10.1. The maximum atomic E-state index is 12.8. The zero-order valence-corrected chi connectivity index (χ0v) is 17.2. The predicted molar refractivity (Wildman–Crippen MR) is 108 cm³/mol. The molecule has 1 heterocycles. The van der Waals surface area contributed by atoms with Gasteiger partial charge in [-0.05, 0) is 92.7 Å². The van der Waals surface area contributed by atoms with Gasteiger partial charge in [0.1, 0.15) is 0 Å². The van der Waals surface area contributed by atoms with E-state index < -0.39 is 10.0 Å². The number of hydrogen-bond donors (Lipinski definition) is 1. The summed E-state index contributed by atoms with van der Waals surface area (Å²) in [6, 6.07) is 6.76. The molecule has 4 aliphatic carbocycles. The molecule has 0 unspecified atom stereocenters. The molecule has 5 fully saturated rings. The van der Waals surface area contributed by atoms with Gasteiger partial charge in [-0.2, -0.15) is 4.31 Å². The number of anilines is 1. The van der Waals surface area contributed by atoms with Crippen molar-refractivity contribution in [3.05, 3.63) is 24.3 Å². The minimum absolute atomic E-state index is 0.0395. The molecule has 1 aromatic rings. The van der Waals surface area contributed by atoms with Crippen LogP contribution in [0.15, 0.2) is 29.2 Å². The molecule has 4 bridgehead atoms. The molecular formula is C22H30N2O3S. The van der Waals surface area contributed by atoms with Gasteiger partial charge in [-0.15, -0.1) is 0 Å². The zero-order valence-electron chi connectivity index (χ0n) is 16.4. The molecule has 4 saturated carbocycles. The Morgan fingerprint density at radius 2 is 1.64 bits per heavy atom. The topological polar surface area (TPSA) is 66.5 Å². The largest absolute Gasteiger partial charge is 0.326 e. The van der Waals surface area contributed by atoms with Crippen LogP contribution in [0.25, 0.3) is 0 Å². The number of nitrogens with one attached hydrogen (secondary N) is 1. The molecule has 5 aliphatic rings. The SMILES string of the molecule is O=C(CC12CC3CC(CC(C3)C1)C2)Nc1cccc(S(=O)(=O)N2CCCC2)c1. The van der Waals surface area contributed by atoms with Crippen molar-refractivity contribution in [2.75, 3.05) is 18.4 Å². The standard InChI is InChI=1S/C22H30N2O3S/c25-21(15-22-12-16-8-17(13-22)10-18(9-16)14-22)23-19-4-3-5-20(11-19)28(26,27)24-6-1-2-7-24/h3-5,11,16-18H,1-2,6-10,12-15H2,(H,23,25). The van der Waals surface area contributed by atoms with E-state index in [4.69, 9.17) is 0 Å². The number of benzene rings is 1. The number of rotatable bonds is 5. The lowest BCUT2D eigenvalue weighted by Gasteiger charge is -2.56. The number of carbonyl (C=O) groups excluding carboxylic acids is 1. The summed E-state index contributed by atoms with van der Waals surface area (Å²) in [5, 5.41) is 3.00. The van der Waals surface area contributed by atoms with Crippen LogP contribution >= 0.6 is 0 Å². The Hall–Kier alpha value is -1.40. The Labute approximate surface area is 167 Å². The van der Waals surface area contributed by atoms with Crippen molar-refractivity contribution in [1.82, 2.24) is 4.31 Å². The van der Waals surface area contributed by atoms with Crippen LogP contribution in [-0.4, -0.2) is 31.7 Å². The smallest absolute Gasteiger partial charge is 0.243 e. The van der Waals surface area contributed by atoms with Crippen LogP contribution in [0.2, 0.25) is 0 Å². The molecule has 1 aliphatic heterocycles. The van der Waals surface area contributed by atoms with Gasteiger partial charge in [0.2, 0.25) is 15.9 Å². The van der Waals surface area contributed by atoms with Crippen LogP contribution in [0.1, 0.15) is 57.8 Å². The van der Waals surface area contributed by atoms with E-state index in [1.807, 2.05) is 0 Å². The van der Waals surface area contributed by atoms with Crippen molar-refractivity contribution < 1.29 is 13.2 Å². The van der Waals surface area contributed by atoms with Gasteiger partial charge in [0, 0.05) is 25.2 Å². The average molecular weight is 403 g/mol. The maximum Gasteiger partial charge on any atom is 0.243 e. The van der Waals surface area contributed by atoms with Crippen molar-refractivity contribution >= 4 is 21.6 Å². The van der Waals surface area contributed by atoms with Gasteiger partial charge >= 0.3 is 0 Å². The van der Waals surface area contributed by atoms with Crippen molar-refractivity contribution in [2.24, 2.45) is 23.2 Å². The molecule has 28 heavy (non-hydrogen) atoms. The quantitative estimate of drug-likeness (QED) is 0.809. The summed E-state index contributed by atoms with van der Waals surface area (Å²) >= 11 is 0. The summed E-state index contributed by atoms with van der Waals surface area (Å²) < 4.78 is 27.1. The molecule has 6 rings (SSSR count). The minimum atomic E-state index is -3.46. The second-order valence-corrected chi connectivity index (χ2v) is 11.7. The Morgan fingerprint density at radius 3 is 2.25 bits per heavy atom. The number of nitrogens with zero attached hydrogens (tertiary/aromatic N) is 1. The summed E-state index contributed by atoms with van der Waals surface area (Å²) in [5.41, 5.74) is 0.785. The highest BCUT2D eigenvalue weighted by atomic mass is 32.2. The molecule has 0 radical (unpaired) electrons. The molecular weight excluding hydrogens is 372 g/mol. The molecule has 0 spiro atoms. The molecule has 152 valence electrons. The van der Waals surface area contributed by atoms with Crippen LogP contribution in [0.3, 0.4) is 0 Å². The lowest BCUT2D eigenvalue weighted by molar-refractivity contribution is -0.124. The van der Waals surface area contributed by atoms with Crippen LogP contribution < -0.4 is 5.32 Å². The van der Waals surface area contributed by atoms with Gasteiger partial charge in [-0.3, -0.25) is 4.79 Å². The first-order chi connectivity index (χ1) is 13.4. The third-order valence-electron chi connectivity index (χ3n) is 7.52. The van der Waals surface area contributed by atoms with E-state index in [2.05, 4.69) is 5.32 Å². The van der Waals surface area contributed by atoms with Gasteiger partial charge in [-0.1, -0.05) is 6.07 Å². The Kier molecular flexibility index (Phi) is 4.55. The predicted octanol–water partition coefficient (Wildman–Crippen LogP) is 4.02. The third-order valence-corrected chi connectivity index (χ3v) is 9.42. The summed E-state index contributed by atoms with van der Waals surface area (Å²) in [7, 11) is -3.46. The Morgan fingerprint density at radius 1 is 1.04 bits per heavy atom. The van der Waals surface area contributed by atoms with Gasteiger partial charge in [0.25, 0.3) is 0 Å². The van der Waals surface area contributed by atoms with Crippen molar-refractivity contribution in [2.45, 2.75) is 62.7 Å². The Bertz CT molecular complexity index is 838. The number of carbonyl (C=O) groups is 1. The van der Waals surface area contributed by atoms with E-state index in [0.29, 0.717) is 25.2 Å². The van der Waals surface area contributed by atoms with E-state index in [-0.39, 0.29) is 16.2 Å². The fourth-order valence-corrected chi connectivity index (χ4v) is 8.43. The lowest BCUT2D eigenvalue weighted by Crippen LogP contribution is -2.47. The summed E-state index contributed by atoms with van der Waals surface area (Å²) in [5.74, 6) is 2.52. The van der Waals surface area contributed by atoms with Crippen LogP contribution in [0.4, 0.5) is 5.69 Å². The van der Waals surface area contributed by atoms with E-state index in [1.165, 1.54) is 38.5 Å². The van der Waals surface area contributed by atoms with E-state index in [9.17, 15) is 13.2 Å². The molecule has 1 amide bonds. The number of sulfonamides is 1. The highest BCUT2D eigenvalue weighted by Gasteiger charge is 2.51. The third kappa shape index (κ3) is 3.39. The zero-order chi connectivity index (χ0) is 19.4. The molecule has 0 aromatic heterocycles. The maximum absolute atomic E-state index is 12.8. The fraction of sp³-hybridized carbons (Fsp3) is 0.682. The van der Waals surface area contributed by atoms with Gasteiger partial charge in [0.05, 0.1) is 4.90 Å². The van der Waals surface area contributed by atoms with E-state index in [0.717, 1.165) is 30.6 Å². The fourth-order valence-electron chi connectivity index (χ4n) is 6.86. The summed E-state index contributed by atoms with van der Waals surface area (Å²) in [4.78, 5) is 13.1. The highest BCUT2D eigenvalue weighted by molar-refractivity contribution is 7.89. The first kappa shape index (κ1) is 18.6. The van der Waals surface area contributed by atoms with Crippen molar-refractivity contribution in [3.8, 4) is 0 Å². The number of hydrogen-bond acceptors (Lipinski definition) is 3. The molecule has 0 atom stereocenters. The average Bonchev–Trinajstić information content (AvgIpc) is 3.15. The molecule has 1 saturated heterocycles. The monoisotopic (exact) mass is 402 g/mol. The number of amides is 1. The molecule has 6 heteroatoms. The second-order valence-electron chi connectivity index (χ2n) is 9.78. The summed E-state index contributed by atoms with van der Waals surface area (Å²) in [6.45, 7) is 1.18. The van der Waals surface area contributed by atoms with Gasteiger partial charge in [-0.25, -0.2) is 8.42 Å².